The Morgan fingerprint density at radius 2 is 2.07 bits per heavy atom. The molecule has 152 valence electrons. The number of aliphatic hydroxyl groups excluding tert-OH is 1. The number of aliphatic imine (C=N–C) groups is 1. The molecule has 0 aromatic heterocycles. The van der Waals surface area contributed by atoms with Gasteiger partial charge in [0.05, 0.1) is 17.4 Å². The second-order valence-electron chi connectivity index (χ2n) is 8.74. The number of likely N-dealkylation sites (tertiary alicyclic amines) is 1. The van der Waals surface area contributed by atoms with Crippen LogP contribution >= 0.6 is 0 Å². The smallest absolute Gasteiger partial charge is 0.119 e. The van der Waals surface area contributed by atoms with Gasteiger partial charge in [-0.25, -0.2) is 0 Å². The van der Waals surface area contributed by atoms with Crippen molar-refractivity contribution in [3.05, 3.63) is 59.7 Å². The lowest BCUT2D eigenvalue weighted by atomic mass is 9.95. The van der Waals surface area contributed by atoms with Crippen LogP contribution in [0.3, 0.4) is 0 Å². The van der Waals surface area contributed by atoms with Gasteiger partial charge in [-0.3, -0.25) is 9.89 Å². The largest absolute Gasteiger partial charge is 0.490 e. The van der Waals surface area contributed by atoms with E-state index in [-0.39, 0.29) is 12.0 Å². The molecule has 0 bridgehead atoms. The molecule has 2 aromatic carbocycles. The molecule has 3 aliphatic rings. The Kier molecular flexibility index (Phi) is 4.90. The number of ether oxygens (including phenoxy) is 1. The minimum atomic E-state index is -0.719. The maximum absolute atomic E-state index is 11.2. The van der Waals surface area contributed by atoms with Crippen LogP contribution < -0.4 is 4.74 Å². The van der Waals surface area contributed by atoms with Crippen molar-refractivity contribution in [3.8, 4) is 5.75 Å². The van der Waals surface area contributed by atoms with Gasteiger partial charge < -0.3 is 14.9 Å². The molecule has 2 N–H and O–H groups in total. The first-order valence-electron chi connectivity index (χ1n) is 10.6. The summed E-state index contributed by atoms with van der Waals surface area (Å²) < 4.78 is 6.08. The molecule has 1 saturated carbocycles. The van der Waals surface area contributed by atoms with Crippen LogP contribution in [0.5, 0.6) is 5.75 Å². The summed E-state index contributed by atoms with van der Waals surface area (Å²) in [6, 6.07) is 15.9. The maximum Gasteiger partial charge on any atom is 0.119 e. The van der Waals surface area contributed by atoms with Gasteiger partial charge in [-0.2, -0.15) is 0 Å². The molecule has 5 rings (SSSR count). The Labute approximate surface area is 171 Å². The average molecular weight is 392 g/mol. The first kappa shape index (κ1) is 18.8. The van der Waals surface area contributed by atoms with Crippen molar-refractivity contribution in [2.75, 3.05) is 19.6 Å². The summed E-state index contributed by atoms with van der Waals surface area (Å²) in [5, 5.41) is 22.0. The van der Waals surface area contributed by atoms with Crippen LogP contribution in [0, 0.1) is 5.92 Å². The summed E-state index contributed by atoms with van der Waals surface area (Å²) in [5.74, 6) is 1.06. The fraction of sp³-hybridized carbons (Fsp3) is 0.458. The van der Waals surface area contributed by atoms with Crippen LogP contribution in [-0.4, -0.2) is 52.7 Å². The molecule has 0 unspecified atom stereocenters. The average Bonchev–Trinajstić information content (AvgIpc) is 3.18. The van der Waals surface area contributed by atoms with E-state index < -0.39 is 11.7 Å². The number of β-amino-alcohol motifs (C(OH)–C–C–N with tert-alkyl or cyclic N) is 2. The minimum absolute atomic E-state index is 0.0562. The summed E-state index contributed by atoms with van der Waals surface area (Å²) in [6.07, 6.45) is 4.90. The van der Waals surface area contributed by atoms with Gasteiger partial charge in [0.1, 0.15) is 11.9 Å². The number of hydrogen-bond donors (Lipinski definition) is 2. The van der Waals surface area contributed by atoms with Gasteiger partial charge in [-0.15, -0.1) is 0 Å². The third-order valence-electron chi connectivity index (χ3n) is 6.60. The first-order chi connectivity index (χ1) is 14.1. The quantitative estimate of drug-likeness (QED) is 0.820. The highest BCUT2D eigenvalue weighted by Gasteiger charge is 2.52. The Morgan fingerprint density at radius 3 is 2.90 bits per heavy atom. The summed E-state index contributed by atoms with van der Waals surface area (Å²) >= 11 is 0. The van der Waals surface area contributed by atoms with Crippen molar-refractivity contribution >= 4 is 11.9 Å². The Balaban J connectivity index is 1.19. The van der Waals surface area contributed by atoms with Crippen molar-refractivity contribution in [2.45, 2.75) is 43.5 Å². The van der Waals surface area contributed by atoms with E-state index in [0.29, 0.717) is 19.5 Å². The van der Waals surface area contributed by atoms with Gasteiger partial charge in [0, 0.05) is 38.2 Å². The van der Waals surface area contributed by atoms with Gasteiger partial charge in [0.25, 0.3) is 0 Å². The molecule has 0 amide bonds. The SMILES string of the molecule is O[C@@H](CN1C[C@H]2C[C@H](Oc3ccccc3)C[C@@]2(O)C1)c1ccc2c(c1)CCC=N2. The Hall–Kier alpha value is -2.21. The van der Waals surface area contributed by atoms with Crippen LogP contribution in [0.25, 0.3) is 0 Å². The molecular formula is C24H28N2O3. The Bertz CT molecular complexity index is 900. The van der Waals surface area contributed by atoms with Crippen LogP contribution in [0.4, 0.5) is 5.69 Å². The number of nitrogens with zero attached hydrogens (tertiary/aromatic N) is 2. The Morgan fingerprint density at radius 1 is 1.21 bits per heavy atom. The molecule has 5 heteroatoms. The predicted molar refractivity (Wildman–Crippen MR) is 113 cm³/mol. The summed E-state index contributed by atoms with van der Waals surface area (Å²) in [5.41, 5.74) is 2.45. The summed E-state index contributed by atoms with van der Waals surface area (Å²) in [4.78, 5) is 6.62. The third kappa shape index (κ3) is 3.82. The predicted octanol–water partition coefficient (Wildman–Crippen LogP) is 3.27. The minimum Gasteiger partial charge on any atom is -0.490 e. The molecule has 1 saturated heterocycles. The lowest BCUT2D eigenvalue weighted by molar-refractivity contribution is 0.0178. The topological polar surface area (TPSA) is 65.3 Å². The molecule has 0 spiro atoms. The normalized spacial score (nSPS) is 29.4. The number of aryl methyl sites for hydroxylation is 1. The van der Waals surface area contributed by atoms with Crippen molar-refractivity contribution in [1.29, 1.82) is 0 Å². The van der Waals surface area contributed by atoms with E-state index in [2.05, 4.69) is 16.0 Å². The van der Waals surface area contributed by atoms with E-state index in [0.717, 1.165) is 42.8 Å². The number of para-hydroxylation sites is 1. The molecule has 2 aliphatic heterocycles. The highest BCUT2D eigenvalue weighted by molar-refractivity contribution is 5.69. The monoisotopic (exact) mass is 392 g/mol. The first-order valence-corrected chi connectivity index (χ1v) is 10.6. The van der Waals surface area contributed by atoms with Crippen molar-refractivity contribution in [1.82, 2.24) is 4.90 Å². The number of fused-ring (bicyclic) bond motifs is 2. The second-order valence-corrected chi connectivity index (χ2v) is 8.74. The number of rotatable bonds is 5. The summed E-state index contributed by atoms with van der Waals surface area (Å²) in [7, 11) is 0. The van der Waals surface area contributed by atoms with Gasteiger partial charge in [0.2, 0.25) is 0 Å². The van der Waals surface area contributed by atoms with E-state index in [1.165, 1.54) is 5.56 Å². The van der Waals surface area contributed by atoms with Gasteiger partial charge in [-0.1, -0.05) is 30.3 Å². The zero-order valence-corrected chi connectivity index (χ0v) is 16.6. The highest BCUT2D eigenvalue weighted by atomic mass is 16.5. The molecule has 5 nitrogen and oxygen atoms in total. The lowest BCUT2D eigenvalue weighted by Gasteiger charge is -2.25. The molecule has 2 heterocycles. The second kappa shape index (κ2) is 7.56. The third-order valence-corrected chi connectivity index (χ3v) is 6.60. The van der Waals surface area contributed by atoms with Gasteiger partial charge in [-0.05, 0) is 48.6 Å². The maximum atomic E-state index is 11.2. The van der Waals surface area contributed by atoms with Crippen molar-refractivity contribution in [3.63, 3.8) is 0 Å². The van der Waals surface area contributed by atoms with Crippen molar-refractivity contribution in [2.24, 2.45) is 10.9 Å². The van der Waals surface area contributed by atoms with Crippen LogP contribution in [0.1, 0.15) is 36.5 Å². The standard InChI is InChI=1S/C24H28N2O3/c27-23(18-8-9-22-17(11-18)5-4-10-25-22)15-26-14-19-12-21(13-24(19,28)16-26)29-20-6-2-1-3-7-20/h1-3,6-11,19,21,23,27-28H,4-5,12-16H2/t19-,21+,23+,24-/m1/s1. The van der Waals surface area contributed by atoms with Crippen LogP contribution in [-0.2, 0) is 6.42 Å². The molecule has 1 aliphatic carbocycles. The molecule has 29 heavy (non-hydrogen) atoms. The molecule has 2 fully saturated rings. The highest BCUT2D eigenvalue weighted by Crippen LogP contribution is 2.43. The van der Waals surface area contributed by atoms with Crippen LogP contribution in [0.2, 0.25) is 0 Å². The van der Waals surface area contributed by atoms with Crippen molar-refractivity contribution < 1.29 is 14.9 Å². The fourth-order valence-corrected chi connectivity index (χ4v) is 5.17. The van der Waals surface area contributed by atoms with Crippen LogP contribution in [0.15, 0.2) is 53.5 Å². The number of hydrogen-bond acceptors (Lipinski definition) is 5. The zero-order chi connectivity index (χ0) is 19.8. The molecule has 0 radical (unpaired) electrons. The fourth-order valence-electron chi connectivity index (χ4n) is 5.17. The van der Waals surface area contributed by atoms with E-state index in [4.69, 9.17) is 4.74 Å². The van der Waals surface area contributed by atoms with E-state index in [9.17, 15) is 10.2 Å². The van der Waals surface area contributed by atoms with E-state index in [1.807, 2.05) is 48.7 Å². The summed E-state index contributed by atoms with van der Waals surface area (Å²) in [6.45, 7) is 1.95. The molecular weight excluding hydrogens is 364 g/mol. The number of aliphatic hydroxyl groups is 2. The lowest BCUT2D eigenvalue weighted by Crippen LogP contribution is -2.36. The van der Waals surface area contributed by atoms with Gasteiger partial charge in [0.15, 0.2) is 0 Å². The van der Waals surface area contributed by atoms with E-state index >= 15 is 0 Å². The molecule has 2 aromatic rings. The zero-order valence-electron chi connectivity index (χ0n) is 16.6. The number of benzene rings is 2. The van der Waals surface area contributed by atoms with Gasteiger partial charge >= 0.3 is 0 Å². The molecule has 4 atom stereocenters. The van der Waals surface area contributed by atoms with E-state index in [1.54, 1.807) is 0 Å².